The topological polar surface area (TPSA) is 40.6 Å². The zero-order chi connectivity index (χ0) is 23.3. The maximum absolute atomic E-state index is 13.8. The lowest BCUT2D eigenvalue weighted by Crippen LogP contribution is -2.50. The van der Waals surface area contributed by atoms with Crippen molar-refractivity contribution in [2.75, 3.05) is 9.80 Å². The number of carbonyl (C=O) groups excluding carboxylic acids is 2. The van der Waals surface area contributed by atoms with Gasteiger partial charge in [0.25, 0.3) is 0 Å². The van der Waals surface area contributed by atoms with Gasteiger partial charge in [0.1, 0.15) is 0 Å². The number of hydrogen-bond donors (Lipinski definition) is 0. The van der Waals surface area contributed by atoms with Crippen LogP contribution >= 0.6 is 0 Å². The van der Waals surface area contributed by atoms with E-state index < -0.39 is 0 Å². The molecular weight excluding hydrogens is 396 g/mol. The van der Waals surface area contributed by atoms with E-state index in [1.54, 1.807) is 0 Å². The fourth-order valence-corrected chi connectivity index (χ4v) is 5.08. The van der Waals surface area contributed by atoms with Gasteiger partial charge in [0.05, 0.1) is 6.04 Å². The zero-order valence-corrected chi connectivity index (χ0v) is 20.3. The molecule has 1 heterocycles. The molecule has 0 fully saturated rings. The molecule has 2 atom stereocenters. The minimum absolute atomic E-state index is 0.0121. The van der Waals surface area contributed by atoms with Crippen molar-refractivity contribution in [2.45, 2.75) is 78.8 Å². The van der Waals surface area contributed by atoms with Crippen LogP contribution in [0.3, 0.4) is 0 Å². The van der Waals surface area contributed by atoms with Crippen LogP contribution in [-0.2, 0) is 9.59 Å². The molecule has 2 aromatic rings. The van der Waals surface area contributed by atoms with Gasteiger partial charge in [-0.05, 0) is 62.8 Å². The van der Waals surface area contributed by atoms with Crippen LogP contribution in [0.5, 0.6) is 0 Å². The molecule has 32 heavy (non-hydrogen) atoms. The summed E-state index contributed by atoms with van der Waals surface area (Å²) in [5, 5.41) is 0. The van der Waals surface area contributed by atoms with E-state index in [1.807, 2.05) is 58.3 Å². The highest BCUT2D eigenvalue weighted by molar-refractivity contribution is 5.99. The Morgan fingerprint density at radius 2 is 1.44 bits per heavy atom. The fourth-order valence-electron chi connectivity index (χ4n) is 5.08. The Kier molecular flexibility index (Phi) is 8.11. The van der Waals surface area contributed by atoms with Gasteiger partial charge in [0, 0.05) is 29.3 Å². The van der Waals surface area contributed by atoms with E-state index in [0.717, 1.165) is 49.0 Å². The van der Waals surface area contributed by atoms with Crippen LogP contribution in [-0.4, -0.2) is 17.9 Å². The fraction of sp³-hybridized carbons (Fsp3) is 0.500. The molecule has 0 radical (unpaired) electrons. The van der Waals surface area contributed by atoms with E-state index >= 15 is 0 Å². The highest BCUT2D eigenvalue weighted by Crippen LogP contribution is 2.43. The van der Waals surface area contributed by atoms with Crippen molar-refractivity contribution in [3.8, 4) is 0 Å². The highest BCUT2D eigenvalue weighted by atomic mass is 16.2. The van der Waals surface area contributed by atoms with Crippen LogP contribution in [0, 0.1) is 11.8 Å². The molecule has 0 N–H and O–H groups in total. The Bertz CT molecular complexity index is 903. The van der Waals surface area contributed by atoms with Crippen molar-refractivity contribution in [3.05, 3.63) is 60.2 Å². The third-order valence-corrected chi connectivity index (χ3v) is 7.05. The second-order valence-corrected chi connectivity index (χ2v) is 8.94. The van der Waals surface area contributed by atoms with Gasteiger partial charge in [0.2, 0.25) is 11.8 Å². The molecule has 0 unspecified atom stereocenters. The molecule has 4 heteroatoms. The summed E-state index contributed by atoms with van der Waals surface area (Å²) in [7, 11) is 0. The van der Waals surface area contributed by atoms with Gasteiger partial charge in [-0.3, -0.25) is 9.59 Å². The largest absolute Gasteiger partial charge is 0.309 e. The third-order valence-electron chi connectivity index (χ3n) is 7.05. The van der Waals surface area contributed by atoms with Crippen molar-refractivity contribution in [1.82, 2.24) is 0 Å². The van der Waals surface area contributed by atoms with Crippen LogP contribution < -0.4 is 9.80 Å². The first kappa shape index (κ1) is 24.0. The lowest BCUT2D eigenvalue weighted by Gasteiger charge is -2.45. The summed E-state index contributed by atoms with van der Waals surface area (Å²) in [6.07, 6.45) is 4.05. The summed E-state index contributed by atoms with van der Waals surface area (Å²) in [6, 6.07) is 18.1. The Morgan fingerprint density at radius 3 is 2.03 bits per heavy atom. The van der Waals surface area contributed by atoms with E-state index in [-0.39, 0.29) is 35.7 Å². The summed E-state index contributed by atoms with van der Waals surface area (Å²) < 4.78 is 0. The van der Waals surface area contributed by atoms with Crippen LogP contribution in [0.2, 0.25) is 0 Å². The predicted octanol–water partition coefficient (Wildman–Crippen LogP) is 6.76. The third kappa shape index (κ3) is 4.60. The van der Waals surface area contributed by atoms with Crippen molar-refractivity contribution in [2.24, 2.45) is 11.8 Å². The lowest BCUT2D eigenvalue weighted by molar-refractivity contribution is -0.123. The number of para-hydroxylation sites is 2. The summed E-state index contributed by atoms with van der Waals surface area (Å²) in [5.74, 6) is 0.388. The monoisotopic (exact) mass is 434 g/mol. The van der Waals surface area contributed by atoms with E-state index in [2.05, 4.69) is 40.7 Å². The molecule has 0 spiro atoms. The second-order valence-electron chi connectivity index (χ2n) is 8.94. The lowest BCUT2D eigenvalue weighted by atomic mass is 9.87. The molecule has 1 aliphatic rings. The number of rotatable bonds is 8. The number of anilines is 2. The molecule has 2 aromatic carbocycles. The Labute approximate surface area is 193 Å². The number of carbonyl (C=O) groups is 2. The highest BCUT2D eigenvalue weighted by Gasteiger charge is 2.40. The Balaban J connectivity index is 2.11. The van der Waals surface area contributed by atoms with Crippen LogP contribution in [0.15, 0.2) is 54.6 Å². The van der Waals surface area contributed by atoms with Gasteiger partial charge in [-0.2, -0.15) is 0 Å². The number of amides is 2. The van der Waals surface area contributed by atoms with Gasteiger partial charge < -0.3 is 9.80 Å². The van der Waals surface area contributed by atoms with Crippen molar-refractivity contribution < 1.29 is 9.59 Å². The average molecular weight is 435 g/mol. The van der Waals surface area contributed by atoms with Crippen LogP contribution in [0.25, 0.3) is 0 Å². The smallest absolute Gasteiger partial charge is 0.230 e. The van der Waals surface area contributed by atoms with E-state index in [9.17, 15) is 9.59 Å². The average Bonchev–Trinajstić information content (AvgIpc) is 2.81. The Morgan fingerprint density at radius 1 is 0.875 bits per heavy atom. The molecule has 172 valence electrons. The number of nitrogens with zero attached hydrogens (tertiary/aromatic N) is 2. The summed E-state index contributed by atoms with van der Waals surface area (Å²) in [6.45, 7) is 10.5. The van der Waals surface area contributed by atoms with Gasteiger partial charge in [-0.25, -0.2) is 0 Å². The minimum atomic E-state index is -0.0950. The summed E-state index contributed by atoms with van der Waals surface area (Å²) >= 11 is 0. The normalized spacial score (nSPS) is 18.0. The van der Waals surface area contributed by atoms with E-state index in [0.29, 0.717) is 0 Å². The van der Waals surface area contributed by atoms with Crippen LogP contribution in [0.1, 0.15) is 78.3 Å². The van der Waals surface area contributed by atoms with Crippen molar-refractivity contribution in [3.63, 3.8) is 0 Å². The molecule has 0 aromatic heterocycles. The van der Waals surface area contributed by atoms with Crippen molar-refractivity contribution in [1.29, 1.82) is 0 Å². The molecule has 0 aliphatic carbocycles. The SMILES string of the molecule is CCC(CC)C(=O)N1c2ccccc2[C@H](N(C(=O)C(CC)CC)c2ccccc2)C[C@H]1C. The van der Waals surface area contributed by atoms with Gasteiger partial charge in [-0.1, -0.05) is 64.1 Å². The first-order valence-corrected chi connectivity index (χ1v) is 12.3. The van der Waals surface area contributed by atoms with E-state index in [4.69, 9.17) is 0 Å². The first-order valence-electron chi connectivity index (χ1n) is 12.3. The van der Waals surface area contributed by atoms with Gasteiger partial charge in [-0.15, -0.1) is 0 Å². The molecule has 2 amide bonds. The van der Waals surface area contributed by atoms with Crippen LogP contribution in [0.4, 0.5) is 11.4 Å². The quantitative estimate of drug-likeness (QED) is 0.460. The molecule has 0 bridgehead atoms. The number of hydrogen-bond acceptors (Lipinski definition) is 2. The first-order chi connectivity index (χ1) is 15.5. The maximum Gasteiger partial charge on any atom is 0.230 e. The molecule has 0 saturated heterocycles. The summed E-state index contributed by atoms with van der Waals surface area (Å²) in [5.41, 5.74) is 2.94. The predicted molar refractivity (Wildman–Crippen MR) is 133 cm³/mol. The zero-order valence-electron chi connectivity index (χ0n) is 20.3. The molecule has 4 nitrogen and oxygen atoms in total. The molecule has 1 aliphatic heterocycles. The molecule has 0 saturated carbocycles. The van der Waals surface area contributed by atoms with Gasteiger partial charge >= 0.3 is 0 Å². The number of benzene rings is 2. The number of fused-ring (bicyclic) bond motifs is 1. The molecular formula is C28H38N2O2. The summed E-state index contributed by atoms with van der Waals surface area (Å²) in [4.78, 5) is 31.2. The van der Waals surface area contributed by atoms with E-state index in [1.165, 1.54) is 0 Å². The minimum Gasteiger partial charge on any atom is -0.309 e. The second kappa shape index (κ2) is 10.8. The molecule has 3 rings (SSSR count). The van der Waals surface area contributed by atoms with Gasteiger partial charge in [0.15, 0.2) is 0 Å². The maximum atomic E-state index is 13.8. The standard InChI is InChI=1S/C28H38N2O2/c1-6-21(7-2)27(31)29-20(5)19-26(24-17-13-14-18-25(24)29)30(23-15-11-10-12-16-23)28(32)22(8-3)9-4/h10-18,20-22,26H,6-9,19H2,1-5H3/t20-,26-/m1/s1. The Hall–Kier alpha value is -2.62. The van der Waals surface area contributed by atoms with Crippen molar-refractivity contribution >= 4 is 23.2 Å².